The number of H-pyrrole nitrogens is 1. The molecule has 2 N–H and O–H groups in total. The van der Waals surface area contributed by atoms with Crippen molar-refractivity contribution in [1.29, 1.82) is 0 Å². The SMILES string of the molecule is Cl.Cl.O=c1c2c(nc3cc(-c4ccccc4)[nH]n13)CNCC2. The predicted octanol–water partition coefficient (Wildman–Crippen LogP) is 2.18. The molecule has 1 aliphatic rings. The number of benzene rings is 1. The number of halogens is 2. The number of hydrogen-bond acceptors (Lipinski definition) is 3. The van der Waals surface area contributed by atoms with Crippen molar-refractivity contribution in [1.82, 2.24) is 19.9 Å². The van der Waals surface area contributed by atoms with Crippen molar-refractivity contribution in [3.8, 4) is 11.3 Å². The van der Waals surface area contributed by atoms with E-state index in [4.69, 9.17) is 0 Å². The zero-order valence-corrected chi connectivity index (χ0v) is 13.3. The van der Waals surface area contributed by atoms with Crippen LogP contribution >= 0.6 is 24.8 Å². The minimum atomic E-state index is 0. The van der Waals surface area contributed by atoms with Crippen LogP contribution in [-0.4, -0.2) is 21.1 Å². The summed E-state index contributed by atoms with van der Waals surface area (Å²) in [6.07, 6.45) is 0.740. The Kier molecular flexibility index (Phi) is 4.90. The zero-order valence-electron chi connectivity index (χ0n) is 11.7. The number of fused-ring (bicyclic) bond motifs is 2. The van der Waals surface area contributed by atoms with E-state index in [2.05, 4.69) is 15.4 Å². The van der Waals surface area contributed by atoms with Gasteiger partial charge in [0.2, 0.25) is 0 Å². The Labute approximate surface area is 139 Å². The van der Waals surface area contributed by atoms with Crippen molar-refractivity contribution in [2.24, 2.45) is 0 Å². The molecule has 0 radical (unpaired) electrons. The first-order valence-electron chi connectivity index (χ1n) is 6.72. The summed E-state index contributed by atoms with van der Waals surface area (Å²) in [6.45, 7) is 1.51. The molecular weight excluding hydrogens is 323 g/mol. The molecule has 116 valence electrons. The average Bonchev–Trinajstić information content (AvgIpc) is 2.93. The van der Waals surface area contributed by atoms with E-state index in [0.29, 0.717) is 12.2 Å². The van der Waals surface area contributed by atoms with Crippen LogP contribution < -0.4 is 10.9 Å². The minimum absolute atomic E-state index is 0. The molecule has 1 aliphatic heterocycles. The normalized spacial score (nSPS) is 13.1. The van der Waals surface area contributed by atoms with Gasteiger partial charge in [-0.3, -0.25) is 9.89 Å². The highest BCUT2D eigenvalue weighted by Crippen LogP contribution is 2.18. The maximum Gasteiger partial charge on any atom is 0.276 e. The lowest BCUT2D eigenvalue weighted by atomic mass is 10.1. The third kappa shape index (κ3) is 2.63. The molecule has 4 rings (SSSR count). The van der Waals surface area contributed by atoms with Crippen LogP contribution in [0.5, 0.6) is 0 Å². The van der Waals surface area contributed by atoms with E-state index in [0.717, 1.165) is 35.5 Å². The lowest BCUT2D eigenvalue weighted by Crippen LogP contribution is -2.32. The van der Waals surface area contributed by atoms with Crippen LogP contribution in [0.3, 0.4) is 0 Å². The quantitative estimate of drug-likeness (QED) is 0.714. The predicted molar refractivity (Wildman–Crippen MR) is 91.2 cm³/mol. The molecule has 3 aromatic rings. The molecule has 0 unspecified atom stereocenters. The maximum absolute atomic E-state index is 12.5. The van der Waals surface area contributed by atoms with Gasteiger partial charge < -0.3 is 5.32 Å². The minimum Gasteiger partial charge on any atom is -0.311 e. The number of aromatic amines is 1. The molecule has 0 atom stereocenters. The summed E-state index contributed by atoms with van der Waals surface area (Å²) >= 11 is 0. The van der Waals surface area contributed by atoms with Gasteiger partial charge >= 0.3 is 0 Å². The van der Waals surface area contributed by atoms with Gasteiger partial charge in [0.15, 0.2) is 5.65 Å². The summed E-state index contributed by atoms with van der Waals surface area (Å²) in [5.74, 6) is 0. The molecule has 0 saturated heterocycles. The first-order valence-corrected chi connectivity index (χ1v) is 6.72. The lowest BCUT2D eigenvalue weighted by molar-refractivity contribution is 0.616. The van der Waals surface area contributed by atoms with Crippen LogP contribution in [-0.2, 0) is 13.0 Å². The molecular formula is C15H16Cl2N4O. The van der Waals surface area contributed by atoms with Gasteiger partial charge in [-0.25, -0.2) is 9.50 Å². The number of nitrogens with one attached hydrogen (secondary N) is 2. The monoisotopic (exact) mass is 338 g/mol. The zero-order chi connectivity index (χ0) is 13.5. The molecule has 0 amide bonds. The molecule has 0 saturated carbocycles. The van der Waals surface area contributed by atoms with Crippen molar-refractivity contribution < 1.29 is 0 Å². The van der Waals surface area contributed by atoms with E-state index in [1.165, 1.54) is 0 Å². The molecule has 3 heterocycles. The Bertz CT molecular complexity index is 842. The number of hydrogen-bond donors (Lipinski definition) is 2. The largest absolute Gasteiger partial charge is 0.311 e. The first-order chi connectivity index (χ1) is 9.83. The Hall–Kier alpha value is -1.82. The molecule has 7 heteroatoms. The highest BCUT2D eigenvalue weighted by molar-refractivity contribution is 5.85. The van der Waals surface area contributed by atoms with Gasteiger partial charge in [-0.2, -0.15) is 0 Å². The molecule has 0 spiro atoms. The fourth-order valence-electron chi connectivity index (χ4n) is 2.69. The van der Waals surface area contributed by atoms with Crippen LogP contribution in [0, 0.1) is 0 Å². The van der Waals surface area contributed by atoms with Crippen LogP contribution in [0.25, 0.3) is 16.9 Å². The van der Waals surface area contributed by atoms with E-state index < -0.39 is 0 Å². The van der Waals surface area contributed by atoms with Gasteiger partial charge in [0.25, 0.3) is 5.56 Å². The third-order valence-corrected chi connectivity index (χ3v) is 3.72. The summed E-state index contributed by atoms with van der Waals surface area (Å²) < 4.78 is 1.55. The molecule has 22 heavy (non-hydrogen) atoms. The van der Waals surface area contributed by atoms with E-state index >= 15 is 0 Å². The Morgan fingerprint density at radius 3 is 2.68 bits per heavy atom. The van der Waals surface area contributed by atoms with Crippen molar-refractivity contribution >= 4 is 30.5 Å². The highest BCUT2D eigenvalue weighted by atomic mass is 35.5. The van der Waals surface area contributed by atoms with E-state index in [9.17, 15) is 4.79 Å². The first kappa shape index (κ1) is 16.5. The standard InChI is InChI=1S/C15H14N4O.2ClH/c20-15-11-6-7-16-9-13(11)17-14-8-12(18-19(14)15)10-4-2-1-3-5-10;;/h1-5,8,16,18H,6-7,9H2;2*1H. The number of aromatic nitrogens is 3. The van der Waals surface area contributed by atoms with Gasteiger partial charge in [0.1, 0.15) is 0 Å². The molecule has 5 nitrogen and oxygen atoms in total. The van der Waals surface area contributed by atoms with Crippen molar-refractivity contribution in [2.45, 2.75) is 13.0 Å². The smallest absolute Gasteiger partial charge is 0.276 e. The topological polar surface area (TPSA) is 62.2 Å². The van der Waals surface area contributed by atoms with Crippen LogP contribution in [0.2, 0.25) is 0 Å². The Balaban J connectivity index is 0.000000882. The number of nitrogens with zero attached hydrogens (tertiary/aromatic N) is 2. The van der Waals surface area contributed by atoms with Gasteiger partial charge in [0, 0.05) is 18.2 Å². The second-order valence-corrected chi connectivity index (χ2v) is 5.00. The fourth-order valence-corrected chi connectivity index (χ4v) is 2.69. The van der Waals surface area contributed by atoms with Gasteiger partial charge in [-0.05, 0) is 18.5 Å². The second kappa shape index (κ2) is 6.52. The molecule has 0 bridgehead atoms. The molecule has 2 aromatic heterocycles. The Morgan fingerprint density at radius 2 is 1.91 bits per heavy atom. The lowest BCUT2D eigenvalue weighted by Gasteiger charge is -2.14. The second-order valence-electron chi connectivity index (χ2n) is 5.00. The number of rotatable bonds is 1. The summed E-state index contributed by atoms with van der Waals surface area (Å²) in [5, 5.41) is 6.40. The average molecular weight is 339 g/mol. The van der Waals surface area contributed by atoms with Gasteiger partial charge in [0.05, 0.1) is 11.4 Å². The van der Waals surface area contributed by atoms with Crippen molar-refractivity contribution in [3.05, 3.63) is 58.0 Å². The van der Waals surface area contributed by atoms with E-state index in [1.54, 1.807) is 4.52 Å². The summed E-state index contributed by atoms with van der Waals surface area (Å²) in [7, 11) is 0. The van der Waals surface area contributed by atoms with E-state index in [1.807, 2.05) is 36.4 Å². The maximum atomic E-state index is 12.5. The summed E-state index contributed by atoms with van der Waals surface area (Å²) in [4.78, 5) is 17.1. The van der Waals surface area contributed by atoms with Crippen LogP contribution in [0.1, 0.15) is 11.3 Å². The van der Waals surface area contributed by atoms with Crippen LogP contribution in [0.4, 0.5) is 0 Å². The van der Waals surface area contributed by atoms with Gasteiger partial charge in [-0.1, -0.05) is 30.3 Å². The summed E-state index contributed by atoms with van der Waals surface area (Å²) in [5.41, 5.74) is 4.35. The van der Waals surface area contributed by atoms with E-state index in [-0.39, 0.29) is 30.4 Å². The highest BCUT2D eigenvalue weighted by Gasteiger charge is 2.17. The third-order valence-electron chi connectivity index (χ3n) is 3.72. The Morgan fingerprint density at radius 1 is 1.14 bits per heavy atom. The van der Waals surface area contributed by atoms with Crippen molar-refractivity contribution in [2.75, 3.05) is 6.54 Å². The summed E-state index contributed by atoms with van der Waals surface area (Å²) in [6, 6.07) is 11.9. The molecule has 1 aromatic carbocycles. The molecule has 0 fully saturated rings. The van der Waals surface area contributed by atoms with Crippen molar-refractivity contribution in [3.63, 3.8) is 0 Å². The fraction of sp³-hybridized carbons (Fsp3) is 0.200. The van der Waals surface area contributed by atoms with Gasteiger partial charge in [-0.15, -0.1) is 24.8 Å². The molecule has 0 aliphatic carbocycles. The van der Waals surface area contributed by atoms with Crippen LogP contribution in [0.15, 0.2) is 41.2 Å².